The van der Waals surface area contributed by atoms with E-state index in [1.807, 2.05) is 0 Å². The van der Waals surface area contributed by atoms with Crippen LogP contribution in [0.5, 0.6) is 0 Å². The number of aromatic nitrogens is 1. The van der Waals surface area contributed by atoms with Gasteiger partial charge in [-0.05, 0) is 22.0 Å². The molecule has 2 amide bonds. The SMILES string of the molecule is O=C1CN(C(=O)c2cc(Br)cnc2Cl)C(C(=O)O)CN1. The molecule has 1 fully saturated rings. The number of nitrogens with zero attached hydrogens (tertiary/aromatic N) is 2. The molecule has 0 saturated carbocycles. The molecule has 1 aliphatic heterocycles. The number of piperazine rings is 1. The van der Waals surface area contributed by atoms with Crippen LogP contribution in [0.1, 0.15) is 10.4 Å². The predicted molar refractivity (Wildman–Crippen MR) is 72.4 cm³/mol. The Bertz CT molecular complexity index is 595. The maximum Gasteiger partial charge on any atom is 0.328 e. The molecule has 20 heavy (non-hydrogen) atoms. The summed E-state index contributed by atoms with van der Waals surface area (Å²) in [5, 5.41) is 11.5. The van der Waals surface area contributed by atoms with E-state index in [1.54, 1.807) is 0 Å². The molecule has 0 bridgehead atoms. The molecule has 1 aromatic rings. The molecule has 1 saturated heterocycles. The van der Waals surface area contributed by atoms with Gasteiger partial charge in [0.1, 0.15) is 17.7 Å². The van der Waals surface area contributed by atoms with E-state index in [9.17, 15) is 14.4 Å². The molecule has 106 valence electrons. The maximum absolute atomic E-state index is 12.4. The number of aliphatic carboxylic acids is 1. The minimum absolute atomic E-state index is 0.0435. The molecule has 0 aliphatic carbocycles. The molecular weight excluding hydrogens is 353 g/mol. The Morgan fingerprint density at radius 3 is 2.90 bits per heavy atom. The zero-order valence-corrected chi connectivity index (χ0v) is 12.3. The summed E-state index contributed by atoms with van der Waals surface area (Å²) in [5.41, 5.74) is 0.0435. The van der Waals surface area contributed by atoms with E-state index in [2.05, 4.69) is 26.2 Å². The number of hydrogen-bond donors (Lipinski definition) is 2. The molecular formula is C11H9BrClN3O4. The van der Waals surface area contributed by atoms with Gasteiger partial charge >= 0.3 is 5.97 Å². The number of rotatable bonds is 2. The van der Waals surface area contributed by atoms with Crippen molar-refractivity contribution in [1.82, 2.24) is 15.2 Å². The number of nitrogens with one attached hydrogen (secondary N) is 1. The van der Waals surface area contributed by atoms with Gasteiger partial charge in [-0.3, -0.25) is 9.59 Å². The highest BCUT2D eigenvalue weighted by Crippen LogP contribution is 2.21. The van der Waals surface area contributed by atoms with E-state index in [0.29, 0.717) is 4.47 Å². The lowest BCUT2D eigenvalue weighted by atomic mass is 10.1. The van der Waals surface area contributed by atoms with E-state index in [-0.39, 0.29) is 23.8 Å². The summed E-state index contributed by atoms with van der Waals surface area (Å²) < 4.78 is 0.526. The monoisotopic (exact) mass is 361 g/mol. The fraction of sp³-hybridized carbons (Fsp3) is 0.273. The lowest BCUT2D eigenvalue weighted by Crippen LogP contribution is -2.59. The molecule has 2 N–H and O–H groups in total. The Hall–Kier alpha value is -1.67. The smallest absolute Gasteiger partial charge is 0.328 e. The summed E-state index contributed by atoms with van der Waals surface area (Å²) in [5.74, 6) is -2.27. The molecule has 2 heterocycles. The second-order valence-corrected chi connectivity index (χ2v) is 5.36. The average Bonchev–Trinajstić information content (AvgIpc) is 2.40. The van der Waals surface area contributed by atoms with Crippen molar-refractivity contribution in [3.63, 3.8) is 0 Å². The van der Waals surface area contributed by atoms with E-state index >= 15 is 0 Å². The summed E-state index contributed by atoms with van der Waals surface area (Å²) in [7, 11) is 0. The van der Waals surface area contributed by atoms with Crippen molar-refractivity contribution in [2.75, 3.05) is 13.1 Å². The summed E-state index contributed by atoms with van der Waals surface area (Å²) >= 11 is 9.00. The third kappa shape index (κ3) is 2.91. The number of halogens is 2. The fourth-order valence-corrected chi connectivity index (χ4v) is 2.32. The van der Waals surface area contributed by atoms with Crippen molar-refractivity contribution >= 4 is 45.3 Å². The number of hydrogen-bond acceptors (Lipinski definition) is 4. The molecule has 1 atom stereocenters. The second kappa shape index (κ2) is 5.76. The topological polar surface area (TPSA) is 99.6 Å². The van der Waals surface area contributed by atoms with Crippen LogP contribution >= 0.6 is 27.5 Å². The number of carbonyl (C=O) groups excluding carboxylic acids is 2. The summed E-state index contributed by atoms with van der Waals surface area (Å²) in [4.78, 5) is 39.7. The molecule has 2 rings (SSSR count). The first-order valence-electron chi connectivity index (χ1n) is 5.51. The minimum Gasteiger partial charge on any atom is -0.480 e. The third-order valence-corrected chi connectivity index (χ3v) is 3.50. The first kappa shape index (κ1) is 14.7. The van der Waals surface area contributed by atoms with Crippen molar-refractivity contribution in [1.29, 1.82) is 0 Å². The first-order chi connectivity index (χ1) is 9.40. The fourth-order valence-electron chi connectivity index (χ4n) is 1.80. The van der Waals surface area contributed by atoms with Crippen LogP contribution < -0.4 is 5.32 Å². The molecule has 1 unspecified atom stereocenters. The zero-order chi connectivity index (χ0) is 14.9. The molecule has 7 nitrogen and oxygen atoms in total. The van der Waals surface area contributed by atoms with Crippen molar-refractivity contribution in [2.24, 2.45) is 0 Å². The van der Waals surface area contributed by atoms with Crippen LogP contribution in [0.4, 0.5) is 0 Å². The van der Waals surface area contributed by atoms with Gasteiger partial charge in [0.2, 0.25) is 5.91 Å². The van der Waals surface area contributed by atoms with E-state index in [4.69, 9.17) is 16.7 Å². The number of amides is 2. The van der Waals surface area contributed by atoms with Crippen LogP contribution in [0.2, 0.25) is 5.15 Å². The van der Waals surface area contributed by atoms with Crippen LogP contribution in [0.15, 0.2) is 16.7 Å². The summed E-state index contributed by atoms with van der Waals surface area (Å²) in [6, 6.07) is 0.304. The highest BCUT2D eigenvalue weighted by molar-refractivity contribution is 9.10. The summed E-state index contributed by atoms with van der Waals surface area (Å²) in [6.07, 6.45) is 1.41. The van der Waals surface area contributed by atoms with Gasteiger partial charge in [0.15, 0.2) is 0 Å². The standard InChI is InChI=1S/C11H9BrClN3O4/c12-5-1-6(9(13)15-2-5)10(18)16-4-8(17)14-3-7(16)11(19)20/h1-2,7H,3-4H2,(H,14,17)(H,19,20). The van der Waals surface area contributed by atoms with Crippen LogP contribution in [0.3, 0.4) is 0 Å². The van der Waals surface area contributed by atoms with Gasteiger partial charge in [0, 0.05) is 17.2 Å². The van der Waals surface area contributed by atoms with Gasteiger partial charge in [-0.25, -0.2) is 9.78 Å². The number of carboxylic acids is 1. The molecule has 0 spiro atoms. The highest BCUT2D eigenvalue weighted by atomic mass is 79.9. The van der Waals surface area contributed by atoms with Crippen molar-refractivity contribution in [2.45, 2.75) is 6.04 Å². The van der Waals surface area contributed by atoms with Crippen LogP contribution in [0, 0.1) is 0 Å². The van der Waals surface area contributed by atoms with Crippen molar-refractivity contribution < 1.29 is 19.5 Å². The first-order valence-corrected chi connectivity index (χ1v) is 6.68. The Kier molecular flexibility index (Phi) is 4.24. The lowest BCUT2D eigenvalue weighted by Gasteiger charge is -2.32. The van der Waals surface area contributed by atoms with E-state index < -0.39 is 23.8 Å². The molecule has 9 heteroatoms. The Balaban J connectivity index is 2.36. The predicted octanol–water partition coefficient (Wildman–Crippen LogP) is 0.523. The van der Waals surface area contributed by atoms with Crippen LogP contribution in [0.25, 0.3) is 0 Å². The quantitative estimate of drug-likeness (QED) is 0.747. The number of carboxylic acid groups (broad SMARTS) is 1. The number of pyridine rings is 1. The van der Waals surface area contributed by atoms with E-state index in [0.717, 1.165) is 4.90 Å². The Morgan fingerprint density at radius 1 is 1.55 bits per heavy atom. The molecule has 0 radical (unpaired) electrons. The minimum atomic E-state index is -1.20. The average molecular weight is 363 g/mol. The van der Waals surface area contributed by atoms with Crippen molar-refractivity contribution in [3.05, 3.63) is 27.5 Å². The van der Waals surface area contributed by atoms with Gasteiger partial charge < -0.3 is 15.3 Å². The van der Waals surface area contributed by atoms with E-state index in [1.165, 1.54) is 12.3 Å². The number of carbonyl (C=O) groups is 3. The highest BCUT2D eigenvalue weighted by Gasteiger charge is 2.36. The largest absolute Gasteiger partial charge is 0.480 e. The molecule has 1 aliphatic rings. The normalized spacial score (nSPS) is 18.6. The van der Waals surface area contributed by atoms with Crippen LogP contribution in [-0.4, -0.2) is 51.9 Å². The van der Waals surface area contributed by atoms with Gasteiger partial charge in [-0.15, -0.1) is 0 Å². The van der Waals surface area contributed by atoms with Crippen molar-refractivity contribution in [3.8, 4) is 0 Å². The second-order valence-electron chi connectivity index (χ2n) is 4.08. The Labute approximate surface area is 127 Å². The van der Waals surface area contributed by atoms with Gasteiger partial charge in [0.05, 0.1) is 5.56 Å². The van der Waals surface area contributed by atoms with Gasteiger partial charge in [-0.1, -0.05) is 11.6 Å². The third-order valence-electron chi connectivity index (χ3n) is 2.76. The molecule has 1 aromatic heterocycles. The molecule has 0 aromatic carbocycles. The lowest BCUT2D eigenvalue weighted by molar-refractivity contribution is -0.144. The van der Waals surface area contributed by atoms with Crippen LogP contribution in [-0.2, 0) is 9.59 Å². The van der Waals surface area contributed by atoms with Gasteiger partial charge in [0.25, 0.3) is 5.91 Å². The van der Waals surface area contributed by atoms with Gasteiger partial charge in [-0.2, -0.15) is 0 Å². The maximum atomic E-state index is 12.4. The Morgan fingerprint density at radius 2 is 2.25 bits per heavy atom. The summed E-state index contributed by atoms with van der Waals surface area (Å²) in [6.45, 7) is -0.475. The zero-order valence-electron chi connectivity index (χ0n) is 9.97.